The van der Waals surface area contributed by atoms with Gasteiger partial charge in [-0.1, -0.05) is 12.1 Å². The van der Waals surface area contributed by atoms with Crippen LogP contribution in [0.3, 0.4) is 0 Å². The fourth-order valence-corrected chi connectivity index (χ4v) is 2.58. The fourth-order valence-electron chi connectivity index (χ4n) is 1.33. The number of hydrogen-bond acceptors (Lipinski definition) is 5. The van der Waals surface area contributed by atoms with Gasteiger partial charge in [0, 0.05) is 17.2 Å². The van der Waals surface area contributed by atoms with Gasteiger partial charge in [0.1, 0.15) is 6.07 Å². The second-order valence-electron chi connectivity index (χ2n) is 3.45. The van der Waals surface area contributed by atoms with Crippen LogP contribution in [-0.2, 0) is 9.84 Å². The Morgan fingerprint density at radius 1 is 1.29 bits per heavy atom. The highest BCUT2D eigenvalue weighted by Crippen LogP contribution is 2.22. The third kappa shape index (κ3) is 2.52. The molecule has 0 aliphatic carbocycles. The molecule has 1 heterocycles. The SMILES string of the molecule is CS(=O)(=O)c1ccc(-c2csc(C#N)n2)cc1. The highest BCUT2D eigenvalue weighted by atomic mass is 32.2. The molecule has 0 bridgehead atoms. The van der Waals surface area contributed by atoms with Crippen molar-refractivity contribution in [2.24, 2.45) is 0 Å². The lowest BCUT2D eigenvalue weighted by Gasteiger charge is -1.99. The summed E-state index contributed by atoms with van der Waals surface area (Å²) in [5.41, 5.74) is 1.49. The van der Waals surface area contributed by atoms with Crippen molar-refractivity contribution in [3.63, 3.8) is 0 Å². The molecule has 6 heteroatoms. The number of nitriles is 1. The van der Waals surface area contributed by atoms with Crippen molar-refractivity contribution >= 4 is 21.2 Å². The second-order valence-corrected chi connectivity index (χ2v) is 6.32. The van der Waals surface area contributed by atoms with Gasteiger partial charge in [0.25, 0.3) is 0 Å². The summed E-state index contributed by atoms with van der Waals surface area (Å²) in [5.74, 6) is 0. The number of hydrogen-bond donors (Lipinski definition) is 0. The van der Waals surface area contributed by atoms with E-state index in [-0.39, 0.29) is 4.90 Å². The van der Waals surface area contributed by atoms with Crippen LogP contribution in [0.15, 0.2) is 34.5 Å². The van der Waals surface area contributed by atoms with Gasteiger partial charge in [0.2, 0.25) is 0 Å². The maximum atomic E-state index is 11.3. The van der Waals surface area contributed by atoms with Gasteiger partial charge < -0.3 is 0 Å². The molecule has 0 unspecified atom stereocenters. The second kappa shape index (κ2) is 4.28. The van der Waals surface area contributed by atoms with Crippen LogP contribution in [0.2, 0.25) is 0 Å². The van der Waals surface area contributed by atoms with E-state index < -0.39 is 9.84 Å². The van der Waals surface area contributed by atoms with Crippen LogP contribution in [0.1, 0.15) is 5.01 Å². The van der Waals surface area contributed by atoms with Crippen LogP contribution < -0.4 is 0 Å². The molecule has 0 aliphatic rings. The van der Waals surface area contributed by atoms with Crippen LogP contribution in [0.5, 0.6) is 0 Å². The molecule has 0 saturated carbocycles. The number of sulfone groups is 1. The van der Waals surface area contributed by atoms with E-state index in [1.54, 1.807) is 17.5 Å². The van der Waals surface area contributed by atoms with Gasteiger partial charge in [-0.3, -0.25) is 0 Å². The molecule has 2 aromatic rings. The Morgan fingerprint density at radius 3 is 2.41 bits per heavy atom. The summed E-state index contributed by atoms with van der Waals surface area (Å²) < 4.78 is 22.5. The summed E-state index contributed by atoms with van der Waals surface area (Å²) in [4.78, 5) is 4.37. The third-order valence-corrected chi connectivity index (χ3v) is 4.05. The van der Waals surface area contributed by atoms with Gasteiger partial charge in [-0.2, -0.15) is 5.26 Å². The van der Waals surface area contributed by atoms with Crippen LogP contribution in [0.4, 0.5) is 0 Å². The predicted octanol–water partition coefficient (Wildman–Crippen LogP) is 2.09. The van der Waals surface area contributed by atoms with Gasteiger partial charge in [-0.25, -0.2) is 13.4 Å². The van der Waals surface area contributed by atoms with Crippen molar-refractivity contribution in [3.05, 3.63) is 34.7 Å². The Morgan fingerprint density at radius 2 is 1.94 bits per heavy atom. The van der Waals surface area contributed by atoms with Gasteiger partial charge in [0.15, 0.2) is 14.8 Å². The minimum Gasteiger partial charge on any atom is -0.226 e. The Balaban J connectivity index is 2.40. The molecule has 1 aromatic heterocycles. The van der Waals surface area contributed by atoms with E-state index in [4.69, 9.17) is 5.26 Å². The summed E-state index contributed by atoms with van der Waals surface area (Å²) in [6, 6.07) is 8.41. The topological polar surface area (TPSA) is 70.8 Å². The van der Waals surface area contributed by atoms with Crippen molar-refractivity contribution in [2.45, 2.75) is 4.90 Å². The molecule has 0 saturated heterocycles. The average Bonchev–Trinajstić information content (AvgIpc) is 2.76. The molecule has 0 aliphatic heterocycles. The van der Waals surface area contributed by atoms with Crippen molar-refractivity contribution < 1.29 is 8.42 Å². The normalized spacial score (nSPS) is 11.1. The minimum atomic E-state index is -3.17. The van der Waals surface area contributed by atoms with E-state index >= 15 is 0 Å². The summed E-state index contributed by atoms with van der Waals surface area (Å²) in [7, 11) is -3.17. The Labute approximate surface area is 103 Å². The number of nitrogens with zero attached hydrogens (tertiary/aromatic N) is 2. The number of rotatable bonds is 2. The first-order valence-corrected chi connectivity index (χ1v) is 7.44. The molecule has 1 aromatic carbocycles. The summed E-state index contributed by atoms with van der Waals surface area (Å²) in [6.45, 7) is 0. The molecule has 2 rings (SSSR count). The predicted molar refractivity (Wildman–Crippen MR) is 65.4 cm³/mol. The zero-order chi connectivity index (χ0) is 12.5. The molecule has 4 nitrogen and oxygen atoms in total. The van der Waals surface area contributed by atoms with E-state index in [9.17, 15) is 8.42 Å². The number of aromatic nitrogens is 1. The first-order chi connectivity index (χ1) is 8.00. The highest BCUT2D eigenvalue weighted by molar-refractivity contribution is 7.90. The maximum Gasteiger partial charge on any atom is 0.194 e. The molecule has 0 radical (unpaired) electrons. The van der Waals surface area contributed by atoms with Crippen molar-refractivity contribution in [2.75, 3.05) is 6.26 Å². The molecule has 0 atom stereocenters. The summed E-state index contributed by atoms with van der Waals surface area (Å²) >= 11 is 1.26. The molecule has 0 spiro atoms. The van der Waals surface area contributed by atoms with Gasteiger partial charge in [0.05, 0.1) is 10.6 Å². The van der Waals surface area contributed by atoms with Crippen molar-refractivity contribution in [1.29, 1.82) is 5.26 Å². The quantitative estimate of drug-likeness (QED) is 0.832. The lowest BCUT2D eigenvalue weighted by atomic mass is 10.2. The smallest absolute Gasteiger partial charge is 0.194 e. The van der Waals surface area contributed by atoms with E-state index in [2.05, 4.69) is 4.98 Å². The Bertz CT molecular complexity index is 679. The van der Waals surface area contributed by atoms with E-state index in [0.717, 1.165) is 5.56 Å². The maximum absolute atomic E-state index is 11.3. The monoisotopic (exact) mass is 264 g/mol. The van der Waals surface area contributed by atoms with Crippen LogP contribution >= 0.6 is 11.3 Å². The summed E-state index contributed by atoms with van der Waals surface area (Å²) in [6.07, 6.45) is 1.17. The van der Waals surface area contributed by atoms with E-state index in [1.165, 1.54) is 29.7 Å². The molecule has 0 amide bonds. The molecule has 17 heavy (non-hydrogen) atoms. The van der Waals surface area contributed by atoms with Crippen LogP contribution in [0, 0.1) is 11.3 Å². The van der Waals surface area contributed by atoms with Gasteiger partial charge in [-0.05, 0) is 12.1 Å². The molecule has 0 N–H and O–H groups in total. The third-order valence-electron chi connectivity index (χ3n) is 2.18. The van der Waals surface area contributed by atoms with Crippen LogP contribution in [-0.4, -0.2) is 19.7 Å². The standard InChI is InChI=1S/C11H8N2O2S2/c1-17(14,15)9-4-2-8(3-5-9)10-7-16-11(6-12)13-10/h2-5,7H,1H3. The number of benzene rings is 1. The van der Waals surface area contributed by atoms with Crippen molar-refractivity contribution in [1.82, 2.24) is 4.98 Å². The van der Waals surface area contributed by atoms with Crippen LogP contribution in [0.25, 0.3) is 11.3 Å². The van der Waals surface area contributed by atoms with E-state index in [1.807, 2.05) is 6.07 Å². The zero-order valence-corrected chi connectivity index (χ0v) is 10.5. The van der Waals surface area contributed by atoms with Gasteiger partial charge >= 0.3 is 0 Å². The lowest BCUT2D eigenvalue weighted by Crippen LogP contribution is -1.96. The largest absolute Gasteiger partial charge is 0.226 e. The summed E-state index contributed by atoms with van der Waals surface area (Å²) in [5, 5.41) is 10.8. The molecule has 86 valence electrons. The Kier molecular flexibility index (Phi) is 2.96. The molecular formula is C11H8N2O2S2. The van der Waals surface area contributed by atoms with Crippen molar-refractivity contribution in [3.8, 4) is 17.3 Å². The minimum absolute atomic E-state index is 0.275. The molecular weight excluding hydrogens is 256 g/mol. The Hall–Kier alpha value is -1.71. The highest BCUT2D eigenvalue weighted by Gasteiger charge is 2.08. The zero-order valence-electron chi connectivity index (χ0n) is 8.91. The molecule has 0 fully saturated rings. The lowest BCUT2D eigenvalue weighted by molar-refractivity contribution is 0.602. The first kappa shape index (κ1) is 11.8. The fraction of sp³-hybridized carbons (Fsp3) is 0.0909. The van der Waals surface area contributed by atoms with Gasteiger partial charge in [-0.15, -0.1) is 11.3 Å². The number of thiazole rings is 1. The average molecular weight is 264 g/mol. The first-order valence-electron chi connectivity index (χ1n) is 4.67. The van der Waals surface area contributed by atoms with E-state index in [0.29, 0.717) is 10.7 Å².